The van der Waals surface area contributed by atoms with Gasteiger partial charge in [0.1, 0.15) is 8.07 Å². The van der Waals surface area contributed by atoms with Gasteiger partial charge in [0, 0.05) is 82.4 Å². The molecule has 0 aromatic heterocycles. The Morgan fingerprint density at radius 1 is 0.761 bits per heavy atom. The number of carbonyl (C=O) groups excluding carboxylic acids is 3. The molecule has 4 heterocycles. The molecule has 11 heteroatoms. The van der Waals surface area contributed by atoms with Crippen molar-refractivity contribution in [3.8, 4) is 0 Å². The second-order valence-electron chi connectivity index (χ2n) is 13.9. The zero-order chi connectivity index (χ0) is 32.9. The molecule has 2 amide bonds. The number of fused-ring (bicyclic) bond motifs is 6. The number of amides is 2. The molecule has 1 spiro atoms. The average Bonchev–Trinajstić information content (AvgIpc) is 3.26. The lowest BCUT2D eigenvalue weighted by molar-refractivity contribution is -0.134. The zero-order valence-corrected chi connectivity index (χ0v) is 28.0. The van der Waals surface area contributed by atoms with Crippen molar-refractivity contribution < 1.29 is 29.0 Å². The van der Waals surface area contributed by atoms with Gasteiger partial charge in [-0.2, -0.15) is 0 Å². The molecule has 0 unspecified atom stereocenters. The summed E-state index contributed by atoms with van der Waals surface area (Å²) in [5.41, 5.74) is 3.39. The van der Waals surface area contributed by atoms with Crippen LogP contribution in [0.25, 0.3) is 0 Å². The van der Waals surface area contributed by atoms with E-state index in [1.54, 1.807) is 50.1 Å². The van der Waals surface area contributed by atoms with Crippen molar-refractivity contribution in [2.75, 3.05) is 64.2 Å². The van der Waals surface area contributed by atoms with Crippen molar-refractivity contribution in [2.24, 2.45) is 11.8 Å². The van der Waals surface area contributed by atoms with Gasteiger partial charge in [-0.25, -0.2) is 9.59 Å². The largest absolute Gasteiger partial charge is 0.478 e. The Morgan fingerprint density at radius 2 is 1.24 bits per heavy atom. The number of anilines is 2. The smallest absolute Gasteiger partial charge is 0.340 e. The predicted molar refractivity (Wildman–Crippen MR) is 177 cm³/mol. The normalized spacial score (nSPS) is 19.0. The molecule has 0 radical (unpaired) electrons. The van der Waals surface area contributed by atoms with Crippen molar-refractivity contribution in [1.29, 1.82) is 0 Å². The van der Waals surface area contributed by atoms with Gasteiger partial charge in [-0.15, -0.1) is 0 Å². The molecule has 2 saturated heterocycles. The first-order valence-corrected chi connectivity index (χ1v) is 18.6. The Bertz CT molecular complexity index is 1750. The van der Waals surface area contributed by atoms with E-state index in [-0.39, 0.29) is 29.2 Å². The van der Waals surface area contributed by atoms with Gasteiger partial charge in [-0.3, -0.25) is 9.59 Å². The highest BCUT2D eigenvalue weighted by Crippen LogP contribution is 2.50. The van der Waals surface area contributed by atoms with E-state index >= 15 is 0 Å². The first kappa shape index (κ1) is 30.0. The van der Waals surface area contributed by atoms with Crippen LogP contribution in [0.5, 0.6) is 0 Å². The highest BCUT2D eigenvalue weighted by atomic mass is 28.3. The predicted octanol–water partition coefficient (Wildman–Crippen LogP) is 2.03. The second-order valence-corrected chi connectivity index (χ2v) is 18.2. The topological polar surface area (TPSA) is 111 Å². The van der Waals surface area contributed by atoms with E-state index in [1.807, 2.05) is 24.3 Å². The van der Waals surface area contributed by atoms with E-state index in [0.717, 1.165) is 32.9 Å². The SMILES string of the molecule is CN(C)C(=O)C1CN(c2ccc3c(c2)[Si](C)(C)c2cc(N4CC(C(=O)N(C)C)C4)ccc2C32OC(=O)c3ccc(C(=O)O)cc32)C1. The summed E-state index contributed by atoms with van der Waals surface area (Å²) >= 11 is 0. The van der Waals surface area contributed by atoms with E-state index in [0.29, 0.717) is 37.3 Å². The number of carboxylic acid groups (broad SMARTS) is 1. The highest BCUT2D eigenvalue weighted by molar-refractivity contribution is 7.01. The lowest BCUT2D eigenvalue weighted by atomic mass is 9.78. The Kier molecular flexibility index (Phi) is 6.65. The Labute approximate surface area is 269 Å². The second kappa shape index (κ2) is 10.2. The number of carboxylic acids is 1. The summed E-state index contributed by atoms with van der Waals surface area (Å²) in [5.74, 6) is -1.43. The number of nitrogens with zero attached hydrogens (tertiary/aromatic N) is 4. The lowest BCUT2D eigenvalue weighted by Crippen LogP contribution is -2.64. The Hall–Kier alpha value is -4.64. The Balaban J connectivity index is 1.37. The maximum Gasteiger partial charge on any atom is 0.340 e. The summed E-state index contributed by atoms with van der Waals surface area (Å²) in [4.78, 5) is 58.5. The van der Waals surface area contributed by atoms with E-state index in [1.165, 1.54) is 6.07 Å². The third-order valence-electron chi connectivity index (χ3n) is 10.3. The van der Waals surface area contributed by atoms with Gasteiger partial charge in [0.15, 0.2) is 5.60 Å². The molecule has 10 nitrogen and oxygen atoms in total. The van der Waals surface area contributed by atoms with Crippen LogP contribution in [-0.4, -0.2) is 101 Å². The molecule has 0 saturated carbocycles. The first-order valence-electron chi connectivity index (χ1n) is 15.6. The molecule has 7 rings (SSSR count). The number of carbonyl (C=O) groups is 4. The van der Waals surface area contributed by atoms with E-state index in [4.69, 9.17) is 4.74 Å². The third kappa shape index (κ3) is 4.20. The van der Waals surface area contributed by atoms with E-state index < -0.39 is 25.6 Å². The van der Waals surface area contributed by atoms with Crippen LogP contribution in [-0.2, 0) is 19.9 Å². The molecule has 0 aliphatic carbocycles. The summed E-state index contributed by atoms with van der Waals surface area (Å²) in [6, 6.07) is 17.1. The standard InChI is InChI=1S/C35H38N4O6Si/c1-36(2)31(40)21-16-38(17-21)23-8-11-26-29(14-23)46(5,6)30-15-24(39-18-22(19-39)32(41)37(3)4)9-12-27(30)35(26)28-13-20(33(42)43)7-10-25(28)34(44)45-35/h7-15,21-22H,16-19H2,1-6H3,(H,42,43). The molecule has 3 aromatic carbocycles. The zero-order valence-electron chi connectivity index (χ0n) is 27.0. The van der Waals surface area contributed by atoms with E-state index in [9.17, 15) is 24.3 Å². The van der Waals surface area contributed by atoms with Gasteiger partial charge < -0.3 is 29.4 Å². The van der Waals surface area contributed by atoms with Crippen LogP contribution in [0.3, 0.4) is 0 Å². The van der Waals surface area contributed by atoms with Crippen LogP contribution in [0, 0.1) is 11.8 Å². The monoisotopic (exact) mass is 638 g/mol. The van der Waals surface area contributed by atoms with Crippen LogP contribution in [0.1, 0.15) is 37.4 Å². The van der Waals surface area contributed by atoms with Gasteiger partial charge in [-0.1, -0.05) is 25.2 Å². The molecule has 3 aromatic rings. The number of rotatable bonds is 5. The first-order chi connectivity index (χ1) is 21.7. The molecule has 2 fully saturated rings. The number of ether oxygens (including phenoxy) is 1. The van der Waals surface area contributed by atoms with Gasteiger partial charge >= 0.3 is 11.9 Å². The fraction of sp³-hybridized carbons (Fsp3) is 0.371. The number of aromatic carboxylic acids is 1. The van der Waals surface area contributed by atoms with Gasteiger partial charge in [-0.05, 0) is 52.8 Å². The van der Waals surface area contributed by atoms with Crippen molar-refractivity contribution >= 4 is 53.6 Å². The summed E-state index contributed by atoms with van der Waals surface area (Å²) in [7, 11) is 4.65. The molecule has 1 N–H and O–H groups in total. The maximum atomic E-state index is 13.5. The number of hydrogen-bond donors (Lipinski definition) is 1. The van der Waals surface area contributed by atoms with Crippen LogP contribution in [0.2, 0.25) is 13.1 Å². The molecule has 46 heavy (non-hydrogen) atoms. The van der Waals surface area contributed by atoms with Gasteiger partial charge in [0.25, 0.3) is 0 Å². The average molecular weight is 639 g/mol. The van der Waals surface area contributed by atoms with Crippen LogP contribution < -0.4 is 20.2 Å². The van der Waals surface area contributed by atoms with Gasteiger partial charge in [0.2, 0.25) is 11.8 Å². The maximum absolute atomic E-state index is 13.5. The van der Waals surface area contributed by atoms with Crippen molar-refractivity contribution in [3.05, 3.63) is 82.4 Å². The summed E-state index contributed by atoms with van der Waals surface area (Å²) in [6.45, 7) is 7.10. The fourth-order valence-corrected chi connectivity index (χ4v) is 10.8. The minimum atomic E-state index is -2.46. The van der Waals surface area contributed by atoms with Crippen LogP contribution in [0.4, 0.5) is 11.4 Å². The summed E-state index contributed by atoms with van der Waals surface area (Å²) in [6.07, 6.45) is 0. The van der Waals surface area contributed by atoms with Crippen LogP contribution >= 0.6 is 0 Å². The van der Waals surface area contributed by atoms with Gasteiger partial charge in [0.05, 0.1) is 23.0 Å². The molecule has 0 bridgehead atoms. The fourth-order valence-electron chi connectivity index (χ4n) is 7.61. The van der Waals surface area contributed by atoms with Crippen LogP contribution in [0.15, 0.2) is 54.6 Å². The third-order valence-corrected chi connectivity index (χ3v) is 13.8. The highest BCUT2D eigenvalue weighted by Gasteiger charge is 2.56. The number of hydrogen-bond acceptors (Lipinski definition) is 7. The van der Waals surface area contributed by atoms with Crippen molar-refractivity contribution in [1.82, 2.24) is 9.80 Å². The van der Waals surface area contributed by atoms with E-state index in [2.05, 4.69) is 35.0 Å². The number of esters is 1. The Morgan fingerprint density at radius 3 is 1.67 bits per heavy atom. The molecular weight excluding hydrogens is 600 g/mol. The number of benzene rings is 3. The molecule has 0 atom stereocenters. The summed E-state index contributed by atoms with van der Waals surface area (Å²) < 4.78 is 6.44. The quantitative estimate of drug-likeness (QED) is 0.334. The lowest BCUT2D eigenvalue weighted by Gasteiger charge is -2.47. The minimum absolute atomic E-state index is 0.0530. The minimum Gasteiger partial charge on any atom is -0.478 e. The summed E-state index contributed by atoms with van der Waals surface area (Å²) in [5, 5.41) is 12.1. The molecule has 4 aliphatic heterocycles. The van der Waals surface area contributed by atoms with Crippen molar-refractivity contribution in [3.63, 3.8) is 0 Å². The van der Waals surface area contributed by atoms with Crippen molar-refractivity contribution in [2.45, 2.75) is 18.7 Å². The molecule has 238 valence electrons. The molecular formula is C35H38N4O6Si. The molecule has 4 aliphatic rings.